The number of hydrogen-bond acceptors (Lipinski definition) is 6. The number of methoxy groups -OCH3 is 1. The summed E-state index contributed by atoms with van der Waals surface area (Å²) >= 11 is 0. The van der Waals surface area contributed by atoms with E-state index in [-0.39, 0.29) is 42.9 Å². The van der Waals surface area contributed by atoms with E-state index < -0.39 is 5.97 Å². The van der Waals surface area contributed by atoms with E-state index >= 15 is 0 Å². The van der Waals surface area contributed by atoms with Gasteiger partial charge in [0.15, 0.2) is 0 Å². The molecule has 0 radical (unpaired) electrons. The third kappa shape index (κ3) is 3.08. The number of fused-ring (bicyclic) bond motifs is 1. The van der Waals surface area contributed by atoms with Gasteiger partial charge in [0.1, 0.15) is 5.70 Å². The van der Waals surface area contributed by atoms with E-state index in [0.717, 1.165) is 11.3 Å². The Bertz CT molecular complexity index is 804. The van der Waals surface area contributed by atoms with Crippen LogP contribution in [0, 0.1) is 0 Å². The lowest BCUT2D eigenvalue weighted by atomic mass is 10.1. The number of carbonyl (C=O) groups excluding carboxylic acids is 3. The van der Waals surface area contributed by atoms with Gasteiger partial charge in [-0.05, 0) is 23.8 Å². The molecule has 3 N–H and O–H groups in total. The number of ether oxygens (including phenoxy) is 1. The van der Waals surface area contributed by atoms with Crippen LogP contribution in [0.4, 0.5) is 16.2 Å². The van der Waals surface area contributed by atoms with Crippen LogP contribution in [0.2, 0.25) is 0 Å². The summed E-state index contributed by atoms with van der Waals surface area (Å²) in [6.45, 7) is 0.392. The van der Waals surface area contributed by atoms with E-state index in [1.807, 2.05) is 6.07 Å². The number of rotatable bonds is 5. The van der Waals surface area contributed by atoms with E-state index in [1.165, 1.54) is 16.9 Å². The van der Waals surface area contributed by atoms with Crippen molar-refractivity contribution in [3.63, 3.8) is 0 Å². The minimum absolute atomic E-state index is 0.0815. The van der Waals surface area contributed by atoms with E-state index in [0.29, 0.717) is 12.2 Å². The number of aliphatic hydroxyl groups excluding tert-OH is 1. The summed E-state index contributed by atoms with van der Waals surface area (Å²) in [7, 11) is 2.93. The van der Waals surface area contributed by atoms with Crippen LogP contribution in [-0.4, -0.2) is 61.8 Å². The van der Waals surface area contributed by atoms with E-state index in [9.17, 15) is 14.4 Å². The standard InChI is InChI=1S/C17H20N4O5/c1-20-13-4-3-11(7-10(13)8-18-17(20)25)19-14-12(16(24)26-2)9-21(5-6-22)15(14)23/h3-4,7,19,22H,5-6,8-9H2,1-2H3,(H,18,25). The second-order valence-electron chi connectivity index (χ2n) is 5.98. The Kier molecular flexibility index (Phi) is 4.81. The van der Waals surface area contributed by atoms with Gasteiger partial charge in [0.05, 0.1) is 31.5 Å². The Labute approximate surface area is 150 Å². The van der Waals surface area contributed by atoms with Gasteiger partial charge in [0.2, 0.25) is 0 Å². The van der Waals surface area contributed by atoms with Crippen LogP contribution in [0.25, 0.3) is 0 Å². The molecule has 9 nitrogen and oxygen atoms in total. The maximum Gasteiger partial charge on any atom is 0.337 e. The Morgan fingerprint density at radius 1 is 1.38 bits per heavy atom. The van der Waals surface area contributed by atoms with Gasteiger partial charge in [0.25, 0.3) is 5.91 Å². The molecule has 26 heavy (non-hydrogen) atoms. The molecular formula is C17H20N4O5. The second-order valence-corrected chi connectivity index (χ2v) is 5.98. The number of amides is 3. The summed E-state index contributed by atoms with van der Waals surface area (Å²) < 4.78 is 4.76. The lowest BCUT2D eigenvalue weighted by Crippen LogP contribution is -2.41. The number of β-amino-alcohol motifs (C(OH)–C–C–N with tert-alkyl or cyclic N) is 1. The summed E-state index contributed by atoms with van der Waals surface area (Å²) in [5.74, 6) is -0.964. The van der Waals surface area contributed by atoms with Crippen molar-refractivity contribution in [3.8, 4) is 0 Å². The SMILES string of the molecule is COC(=O)C1=C(Nc2ccc3c(c2)CNC(=O)N3C)C(=O)N(CCO)C1. The molecule has 0 aliphatic carbocycles. The molecule has 0 atom stereocenters. The van der Waals surface area contributed by atoms with Gasteiger partial charge >= 0.3 is 12.0 Å². The van der Waals surface area contributed by atoms with E-state index in [4.69, 9.17) is 9.84 Å². The molecule has 0 saturated heterocycles. The second kappa shape index (κ2) is 7.04. The molecule has 3 amide bonds. The van der Waals surface area contributed by atoms with Crippen molar-refractivity contribution in [2.45, 2.75) is 6.54 Å². The molecule has 9 heteroatoms. The highest BCUT2D eigenvalue weighted by atomic mass is 16.5. The average Bonchev–Trinajstić information content (AvgIpc) is 2.94. The highest BCUT2D eigenvalue weighted by Gasteiger charge is 2.34. The van der Waals surface area contributed by atoms with E-state index in [2.05, 4.69) is 10.6 Å². The maximum absolute atomic E-state index is 12.5. The molecule has 138 valence electrons. The number of benzene rings is 1. The summed E-state index contributed by atoms with van der Waals surface area (Å²) in [6, 6.07) is 5.15. The minimum atomic E-state index is -0.591. The molecule has 0 unspecified atom stereocenters. The van der Waals surface area contributed by atoms with Gasteiger partial charge in [-0.15, -0.1) is 0 Å². The fourth-order valence-electron chi connectivity index (χ4n) is 3.02. The maximum atomic E-state index is 12.5. The third-order valence-electron chi connectivity index (χ3n) is 4.40. The summed E-state index contributed by atoms with van der Waals surface area (Å²) in [5.41, 5.74) is 2.63. The molecule has 2 aliphatic rings. The molecule has 0 bridgehead atoms. The molecule has 0 fully saturated rings. The topological polar surface area (TPSA) is 111 Å². The van der Waals surface area contributed by atoms with Crippen molar-refractivity contribution in [1.82, 2.24) is 10.2 Å². The van der Waals surface area contributed by atoms with Crippen molar-refractivity contribution in [2.24, 2.45) is 0 Å². The Morgan fingerprint density at radius 3 is 2.85 bits per heavy atom. The van der Waals surface area contributed by atoms with Gasteiger partial charge in [-0.25, -0.2) is 9.59 Å². The van der Waals surface area contributed by atoms with Gasteiger partial charge in [0, 0.05) is 25.8 Å². The Hall–Kier alpha value is -3.07. The van der Waals surface area contributed by atoms with Crippen LogP contribution >= 0.6 is 0 Å². The van der Waals surface area contributed by atoms with Crippen LogP contribution in [0.5, 0.6) is 0 Å². The normalized spacial score (nSPS) is 16.6. The largest absolute Gasteiger partial charge is 0.466 e. The third-order valence-corrected chi connectivity index (χ3v) is 4.40. The predicted octanol–water partition coefficient (Wildman–Crippen LogP) is 0.0195. The van der Waals surface area contributed by atoms with Gasteiger partial charge in [-0.3, -0.25) is 9.69 Å². The Morgan fingerprint density at radius 2 is 2.15 bits per heavy atom. The quantitative estimate of drug-likeness (QED) is 0.639. The fraction of sp³-hybridized carbons (Fsp3) is 0.353. The molecular weight excluding hydrogens is 340 g/mol. The van der Waals surface area contributed by atoms with Crippen LogP contribution < -0.4 is 15.5 Å². The van der Waals surface area contributed by atoms with Crippen molar-refractivity contribution in [1.29, 1.82) is 0 Å². The predicted molar refractivity (Wildman–Crippen MR) is 93.4 cm³/mol. The number of esters is 1. The molecule has 2 aliphatic heterocycles. The van der Waals surface area contributed by atoms with Crippen molar-refractivity contribution < 1.29 is 24.2 Å². The zero-order valence-corrected chi connectivity index (χ0v) is 14.5. The summed E-state index contributed by atoms with van der Waals surface area (Å²) in [6.07, 6.45) is 0. The molecule has 3 rings (SSSR count). The highest BCUT2D eigenvalue weighted by molar-refractivity contribution is 6.08. The van der Waals surface area contributed by atoms with Gasteiger partial charge < -0.3 is 25.4 Å². The highest BCUT2D eigenvalue weighted by Crippen LogP contribution is 2.29. The van der Waals surface area contributed by atoms with Crippen molar-refractivity contribution in [2.75, 3.05) is 44.1 Å². The van der Waals surface area contributed by atoms with Crippen LogP contribution in [0.3, 0.4) is 0 Å². The smallest absolute Gasteiger partial charge is 0.337 e. The monoisotopic (exact) mass is 360 g/mol. The lowest BCUT2D eigenvalue weighted by Gasteiger charge is -2.27. The molecule has 1 aromatic rings. The molecule has 1 aromatic carbocycles. The first-order valence-electron chi connectivity index (χ1n) is 8.09. The van der Waals surface area contributed by atoms with Crippen LogP contribution in [0.1, 0.15) is 5.56 Å². The molecule has 2 heterocycles. The van der Waals surface area contributed by atoms with Gasteiger partial charge in [-0.1, -0.05) is 0 Å². The number of carbonyl (C=O) groups is 3. The first kappa shape index (κ1) is 17.7. The summed E-state index contributed by atoms with van der Waals surface area (Å²) in [4.78, 5) is 39.1. The average molecular weight is 360 g/mol. The number of aliphatic hydroxyl groups is 1. The lowest BCUT2D eigenvalue weighted by molar-refractivity contribution is -0.136. The molecule has 0 saturated carbocycles. The fourth-order valence-corrected chi connectivity index (χ4v) is 3.02. The summed E-state index contributed by atoms with van der Waals surface area (Å²) in [5, 5.41) is 14.8. The van der Waals surface area contributed by atoms with Crippen LogP contribution in [0.15, 0.2) is 29.5 Å². The number of nitrogens with one attached hydrogen (secondary N) is 2. The van der Waals surface area contributed by atoms with Crippen LogP contribution in [-0.2, 0) is 20.9 Å². The number of hydrogen-bond donors (Lipinski definition) is 3. The molecule has 0 aromatic heterocycles. The Balaban J connectivity index is 1.89. The van der Waals surface area contributed by atoms with Crippen molar-refractivity contribution in [3.05, 3.63) is 35.0 Å². The number of anilines is 2. The van der Waals surface area contributed by atoms with Gasteiger partial charge in [-0.2, -0.15) is 0 Å². The first-order valence-corrected chi connectivity index (χ1v) is 8.09. The number of nitrogens with zero attached hydrogens (tertiary/aromatic N) is 2. The van der Waals surface area contributed by atoms with E-state index in [1.54, 1.807) is 19.2 Å². The minimum Gasteiger partial charge on any atom is -0.466 e. The van der Waals surface area contributed by atoms with Crippen molar-refractivity contribution >= 4 is 29.3 Å². The zero-order valence-electron chi connectivity index (χ0n) is 14.5. The zero-order chi connectivity index (χ0) is 18.8. The number of urea groups is 1. The molecule has 0 spiro atoms. The first-order chi connectivity index (χ1) is 12.5.